The zero-order chi connectivity index (χ0) is 12.3. The van der Waals surface area contributed by atoms with Crippen LogP contribution in [0.25, 0.3) is 0 Å². The lowest BCUT2D eigenvalue weighted by molar-refractivity contribution is 0.166. The first-order valence-corrected chi connectivity index (χ1v) is 6.32. The Hall–Kier alpha value is -0.940. The average Bonchev–Trinajstić information content (AvgIpc) is 2.98. The number of aromatic nitrogens is 2. The highest BCUT2D eigenvalue weighted by Gasteiger charge is 2.28. The van der Waals surface area contributed by atoms with Crippen molar-refractivity contribution in [1.29, 1.82) is 0 Å². The Morgan fingerprint density at radius 1 is 1.53 bits per heavy atom. The molecular formula is C12H21N3O2. The fourth-order valence-corrected chi connectivity index (χ4v) is 2.49. The molecule has 0 aliphatic heterocycles. The molecule has 5 nitrogen and oxygen atoms in total. The minimum Gasteiger partial charge on any atom is -0.383 e. The quantitative estimate of drug-likeness (QED) is 0.850. The van der Waals surface area contributed by atoms with Gasteiger partial charge in [-0.3, -0.25) is 0 Å². The summed E-state index contributed by atoms with van der Waals surface area (Å²) in [6.45, 7) is 2.65. The van der Waals surface area contributed by atoms with Crippen LogP contribution in [0.3, 0.4) is 0 Å². The number of ether oxygens (including phenoxy) is 1. The number of rotatable bonds is 5. The zero-order valence-electron chi connectivity index (χ0n) is 10.6. The Morgan fingerprint density at radius 3 is 3.00 bits per heavy atom. The number of hydrogen-bond donors (Lipinski definition) is 1. The van der Waals surface area contributed by atoms with Crippen molar-refractivity contribution in [2.24, 2.45) is 11.7 Å². The molecule has 1 aliphatic carbocycles. The maximum atomic E-state index is 5.85. The van der Waals surface area contributed by atoms with E-state index in [-0.39, 0.29) is 6.04 Å². The first kappa shape index (κ1) is 12.5. The molecule has 0 aromatic carbocycles. The van der Waals surface area contributed by atoms with Gasteiger partial charge < -0.3 is 15.0 Å². The first-order valence-electron chi connectivity index (χ1n) is 6.32. The van der Waals surface area contributed by atoms with Crippen LogP contribution in [0.2, 0.25) is 0 Å². The third-order valence-electron chi connectivity index (χ3n) is 3.60. The molecule has 1 aliphatic rings. The van der Waals surface area contributed by atoms with E-state index in [9.17, 15) is 0 Å². The topological polar surface area (TPSA) is 74.2 Å². The van der Waals surface area contributed by atoms with Crippen LogP contribution in [0.4, 0.5) is 0 Å². The van der Waals surface area contributed by atoms with Gasteiger partial charge in [0, 0.05) is 13.0 Å². The van der Waals surface area contributed by atoms with E-state index in [4.69, 9.17) is 15.0 Å². The molecule has 0 radical (unpaired) electrons. The van der Waals surface area contributed by atoms with Crippen LogP contribution in [0.1, 0.15) is 56.3 Å². The summed E-state index contributed by atoms with van der Waals surface area (Å²) in [6.07, 6.45) is 4.85. The Bertz CT molecular complexity index is 353. The molecule has 3 atom stereocenters. The zero-order valence-corrected chi connectivity index (χ0v) is 10.6. The second kappa shape index (κ2) is 5.60. The van der Waals surface area contributed by atoms with E-state index in [1.807, 2.05) is 0 Å². The van der Waals surface area contributed by atoms with E-state index >= 15 is 0 Å². The molecule has 1 saturated carbocycles. The maximum absolute atomic E-state index is 5.85. The smallest absolute Gasteiger partial charge is 0.245 e. The van der Waals surface area contributed by atoms with E-state index in [0.29, 0.717) is 18.4 Å². The van der Waals surface area contributed by atoms with Crippen LogP contribution in [0, 0.1) is 5.92 Å². The molecule has 0 amide bonds. The third-order valence-corrected chi connectivity index (χ3v) is 3.60. The minimum atomic E-state index is -0.315. The molecule has 0 spiro atoms. The van der Waals surface area contributed by atoms with Crippen LogP contribution in [0.15, 0.2) is 4.52 Å². The van der Waals surface area contributed by atoms with Gasteiger partial charge in [-0.2, -0.15) is 4.98 Å². The van der Waals surface area contributed by atoms with Crippen LogP contribution in [-0.2, 0) is 4.74 Å². The minimum absolute atomic E-state index is 0.315. The highest BCUT2D eigenvalue weighted by Crippen LogP contribution is 2.38. The molecule has 17 heavy (non-hydrogen) atoms. The van der Waals surface area contributed by atoms with Gasteiger partial charge in [0.15, 0.2) is 5.82 Å². The van der Waals surface area contributed by atoms with E-state index in [2.05, 4.69) is 17.1 Å². The van der Waals surface area contributed by atoms with Gasteiger partial charge in [-0.15, -0.1) is 0 Å². The van der Waals surface area contributed by atoms with E-state index < -0.39 is 0 Å². The molecule has 1 heterocycles. The summed E-state index contributed by atoms with van der Waals surface area (Å²) in [7, 11) is 1.61. The van der Waals surface area contributed by atoms with Crippen molar-refractivity contribution in [3.05, 3.63) is 11.7 Å². The van der Waals surface area contributed by atoms with E-state index in [1.165, 1.54) is 19.3 Å². The van der Waals surface area contributed by atoms with E-state index in [0.717, 1.165) is 18.2 Å². The lowest BCUT2D eigenvalue weighted by Crippen LogP contribution is -2.16. The number of nitrogens with two attached hydrogens (primary N) is 1. The van der Waals surface area contributed by atoms with Gasteiger partial charge >= 0.3 is 0 Å². The summed E-state index contributed by atoms with van der Waals surface area (Å²) in [4.78, 5) is 4.40. The van der Waals surface area contributed by atoms with Gasteiger partial charge in [-0.05, 0) is 25.2 Å². The van der Waals surface area contributed by atoms with Gasteiger partial charge in [0.05, 0.1) is 6.61 Å². The largest absolute Gasteiger partial charge is 0.383 e. The molecule has 1 aromatic heterocycles. The Morgan fingerprint density at radius 2 is 2.35 bits per heavy atom. The van der Waals surface area contributed by atoms with Crippen molar-refractivity contribution in [2.45, 2.75) is 44.6 Å². The molecule has 0 bridgehead atoms. The van der Waals surface area contributed by atoms with Gasteiger partial charge in [0.25, 0.3) is 0 Å². The monoisotopic (exact) mass is 239 g/mol. The van der Waals surface area contributed by atoms with Crippen LogP contribution in [-0.4, -0.2) is 23.9 Å². The number of methoxy groups -OCH3 is 1. The molecule has 3 unspecified atom stereocenters. The second-order valence-corrected chi connectivity index (χ2v) is 4.84. The van der Waals surface area contributed by atoms with Crippen LogP contribution in [0.5, 0.6) is 0 Å². The van der Waals surface area contributed by atoms with Crippen molar-refractivity contribution >= 4 is 0 Å². The molecule has 1 fully saturated rings. The standard InChI is InChI=1S/C12H21N3O2/c1-3-8-4-5-9(6-8)11-14-12(17-15-11)10(13)7-16-2/h8-10H,3-7,13H2,1-2H3. The second-order valence-electron chi connectivity index (χ2n) is 4.84. The third kappa shape index (κ3) is 2.84. The summed E-state index contributed by atoms with van der Waals surface area (Å²) in [5, 5.41) is 4.05. The van der Waals surface area contributed by atoms with Crippen molar-refractivity contribution < 1.29 is 9.26 Å². The summed E-state index contributed by atoms with van der Waals surface area (Å²) in [5.74, 6) is 2.58. The summed E-state index contributed by atoms with van der Waals surface area (Å²) >= 11 is 0. The molecule has 5 heteroatoms. The van der Waals surface area contributed by atoms with Gasteiger partial charge in [-0.1, -0.05) is 18.5 Å². The molecule has 96 valence electrons. The summed E-state index contributed by atoms with van der Waals surface area (Å²) < 4.78 is 10.2. The van der Waals surface area contributed by atoms with Crippen LogP contribution >= 0.6 is 0 Å². The van der Waals surface area contributed by atoms with Crippen LogP contribution < -0.4 is 5.73 Å². The van der Waals surface area contributed by atoms with Crippen molar-refractivity contribution in [3.8, 4) is 0 Å². The Labute approximate surface area is 102 Å². The molecule has 2 rings (SSSR count). The predicted molar refractivity (Wildman–Crippen MR) is 63.5 cm³/mol. The average molecular weight is 239 g/mol. The Kier molecular flexibility index (Phi) is 4.12. The van der Waals surface area contributed by atoms with Crippen molar-refractivity contribution in [1.82, 2.24) is 10.1 Å². The van der Waals surface area contributed by atoms with Crippen molar-refractivity contribution in [2.75, 3.05) is 13.7 Å². The van der Waals surface area contributed by atoms with Gasteiger partial charge in [0.1, 0.15) is 6.04 Å². The highest BCUT2D eigenvalue weighted by atomic mass is 16.5. The number of nitrogens with zero attached hydrogens (tertiary/aromatic N) is 2. The highest BCUT2D eigenvalue weighted by molar-refractivity contribution is 5.01. The lowest BCUT2D eigenvalue weighted by Gasteiger charge is -2.05. The van der Waals surface area contributed by atoms with E-state index in [1.54, 1.807) is 7.11 Å². The number of hydrogen-bond acceptors (Lipinski definition) is 5. The molecule has 1 aromatic rings. The SMILES string of the molecule is CCC1CCC(c2noc(C(N)COC)n2)C1. The fourth-order valence-electron chi connectivity index (χ4n) is 2.49. The van der Waals surface area contributed by atoms with Crippen molar-refractivity contribution in [3.63, 3.8) is 0 Å². The normalized spacial score (nSPS) is 26.3. The lowest BCUT2D eigenvalue weighted by atomic mass is 10.0. The molecule has 2 N–H and O–H groups in total. The molecular weight excluding hydrogens is 218 g/mol. The molecule has 0 saturated heterocycles. The summed E-state index contributed by atoms with van der Waals surface area (Å²) in [6, 6.07) is -0.315. The fraction of sp³-hybridized carbons (Fsp3) is 0.833. The Balaban J connectivity index is 1.98. The predicted octanol–water partition coefficient (Wildman–Crippen LogP) is 2.01. The maximum Gasteiger partial charge on any atom is 0.245 e. The van der Waals surface area contributed by atoms with Gasteiger partial charge in [0.2, 0.25) is 5.89 Å². The summed E-state index contributed by atoms with van der Waals surface area (Å²) in [5.41, 5.74) is 5.85. The first-order chi connectivity index (χ1) is 8.24. The van der Waals surface area contributed by atoms with Gasteiger partial charge in [-0.25, -0.2) is 0 Å².